The first kappa shape index (κ1) is 26.9. The van der Waals surface area contributed by atoms with Crippen molar-refractivity contribution in [2.75, 3.05) is 0 Å². The molecule has 0 aromatic heterocycles. The average Bonchev–Trinajstić information content (AvgIpc) is 2.30. The smallest absolute Gasteiger partial charge is 0.550 e. The van der Waals surface area contributed by atoms with Gasteiger partial charge in [-0.05, 0) is 12.3 Å². The normalized spacial score (nSPS) is 14.9. The van der Waals surface area contributed by atoms with E-state index in [0.717, 1.165) is 12.8 Å². The van der Waals surface area contributed by atoms with Gasteiger partial charge in [0.15, 0.2) is 0 Å². The summed E-state index contributed by atoms with van der Waals surface area (Å²) < 4.78 is 29.1. The van der Waals surface area contributed by atoms with Crippen LogP contribution in [0.3, 0.4) is 0 Å². The summed E-state index contributed by atoms with van der Waals surface area (Å²) in [4.78, 5) is 21.9. The molecule has 0 fully saturated rings. The van der Waals surface area contributed by atoms with Crippen LogP contribution in [0.5, 0.6) is 0 Å². The summed E-state index contributed by atoms with van der Waals surface area (Å²) in [6, 6.07) is 0. The third kappa shape index (κ3) is 7.54. The van der Waals surface area contributed by atoms with E-state index in [1.807, 2.05) is 6.92 Å². The zero-order chi connectivity index (χ0) is 16.0. The maximum absolute atomic E-state index is 11.4. The molecular weight excluding hydrogens is 302 g/mol. The van der Waals surface area contributed by atoms with Crippen LogP contribution in [0.1, 0.15) is 52.4 Å². The number of hydrogen-bond acceptors (Lipinski definition) is 6. The molecule has 0 spiro atoms. The summed E-state index contributed by atoms with van der Waals surface area (Å²) >= 11 is 0. The van der Waals surface area contributed by atoms with Gasteiger partial charge in [-0.3, -0.25) is 4.55 Å². The molecule has 0 aromatic carbocycles. The molecule has 1 N–H and O–H groups in total. The molecular formula is C12H20Li2O7S. The molecule has 0 heterocycles. The Morgan fingerprint density at radius 3 is 1.95 bits per heavy atom. The van der Waals surface area contributed by atoms with Crippen LogP contribution in [0.4, 0.5) is 0 Å². The molecule has 0 aromatic rings. The van der Waals surface area contributed by atoms with Gasteiger partial charge in [-0.2, -0.15) is 8.42 Å². The maximum Gasteiger partial charge on any atom is 1.00 e. The molecule has 2 unspecified atom stereocenters. The Bertz CT molecular complexity index is 452. The van der Waals surface area contributed by atoms with Gasteiger partial charge in [-0.25, -0.2) is 0 Å². The Morgan fingerprint density at radius 2 is 1.68 bits per heavy atom. The first-order chi connectivity index (χ1) is 9.10. The van der Waals surface area contributed by atoms with Gasteiger partial charge >= 0.3 is 37.7 Å². The van der Waals surface area contributed by atoms with Crippen LogP contribution in [0, 0.1) is 5.92 Å². The van der Waals surface area contributed by atoms with Crippen LogP contribution in [-0.2, 0) is 19.7 Å². The molecule has 2 atom stereocenters. The summed E-state index contributed by atoms with van der Waals surface area (Å²) in [6.07, 6.45) is 0.775. The number of hydrogen-bond donors (Lipinski definition) is 1. The molecule has 0 aliphatic carbocycles. The predicted octanol–water partition coefficient (Wildman–Crippen LogP) is -6.88. The molecule has 0 aliphatic heterocycles. The van der Waals surface area contributed by atoms with Gasteiger partial charge in [0.2, 0.25) is 0 Å². The largest absolute Gasteiger partial charge is 1.00 e. The van der Waals surface area contributed by atoms with Crippen molar-refractivity contribution in [2.24, 2.45) is 5.92 Å². The molecule has 10 heteroatoms. The molecule has 118 valence electrons. The van der Waals surface area contributed by atoms with Crippen LogP contribution in [0.2, 0.25) is 0 Å². The van der Waals surface area contributed by atoms with Gasteiger partial charge in [-0.15, -0.1) is 0 Å². The third-order valence-corrected chi connectivity index (χ3v) is 4.92. The van der Waals surface area contributed by atoms with E-state index in [2.05, 4.69) is 0 Å². The number of aliphatic carboxylic acids is 2. The molecule has 0 radical (unpaired) electrons. The minimum Gasteiger partial charge on any atom is -0.550 e. The fraction of sp³-hybridized carbons (Fsp3) is 0.833. The minimum atomic E-state index is -5.13. The Labute approximate surface area is 155 Å². The molecule has 0 rings (SSSR count). The second-order valence-corrected chi connectivity index (χ2v) is 6.66. The van der Waals surface area contributed by atoms with E-state index in [9.17, 15) is 32.8 Å². The van der Waals surface area contributed by atoms with Crippen molar-refractivity contribution in [2.45, 2.75) is 57.1 Å². The van der Waals surface area contributed by atoms with Crippen molar-refractivity contribution in [3.05, 3.63) is 0 Å². The van der Waals surface area contributed by atoms with Crippen molar-refractivity contribution in [3.63, 3.8) is 0 Å². The predicted molar refractivity (Wildman–Crippen MR) is 66.8 cm³/mol. The van der Waals surface area contributed by atoms with Gasteiger partial charge in [0.25, 0.3) is 10.1 Å². The zero-order valence-electron chi connectivity index (χ0n) is 13.6. The Balaban J connectivity index is -0.00000180. The first-order valence-electron chi connectivity index (χ1n) is 6.49. The fourth-order valence-electron chi connectivity index (χ4n) is 2.17. The second-order valence-electron chi connectivity index (χ2n) is 4.93. The summed E-state index contributed by atoms with van der Waals surface area (Å²) in [6.45, 7) is 3.66. The van der Waals surface area contributed by atoms with Crippen molar-refractivity contribution in [1.82, 2.24) is 0 Å². The van der Waals surface area contributed by atoms with Crippen LogP contribution >= 0.6 is 0 Å². The van der Waals surface area contributed by atoms with Gasteiger partial charge in [0.05, 0.1) is 5.97 Å². The third-order valence-electron chi connectivity index (χ3n) is 3.46. The van der Waals surface area contributed by atoms with Crippen LogP contribution < -0.4 is 47.9 Å². The summed E-state index contributed by atoms with van der Waals surface area (Å²) in [5.41, 5.74) is 0. The molecule has 0 saturated heterocycles. The summed E-state index contributed by atoms with van der Waals surface area (Å²) in [5.74, 6) is -4.31. The van der Waals surface area contributed by atoms with Crippen LogP contribution in [0.15, 0.2) is 0 Å². The summed E-state index contributed by atoms with van der Waals surface area (Å²) in [5, 5.41) is 21.9. The Hall–Kier alpha value is 0.0448. The van der Waals surface area contributed by atoms with E-state index in [1.165, 1.54) is 0 Å². The maximum atomic E-state index is 11.4. The van der Waals surface area contributed by atoms with E-state index in [-0.39, 0.29) is 43.6 Å². The summed E-state index contributed by atoms with van der Waals surface area (Å²) in [7, 11) is -5.13. The SMILES string of the molecule is CCCCC(CC)CC(CC(=O)[O-])(C(=O)[O-])S(=O)(=O)O.[Li+].[Li+]. The Morgan fingerprint density at radius 1 is 1.18 bits per heavy atom. The zero-order valence-corrected chi connectivity index (χ0v) is 14.4. The molecule has 22 heavy (non-hydrogen) atoms. The molecule has 7 nitrogen and oxygen atoms in total. The average molecular weight is 322 g/mol. The Kier molecular flexibility index (Phi) is 14.1. The van der Waals surface area contributed by atoms with Crippen LogP contribution in [-0.4, -0.2) is 29.7 Å². The monoisotopic (exact) mass is 322 g/mol. The molecule has 0 aliphatic rings. The number of unbranched alkanes of at least 4 members (excludes halogenated alkanes) is 1. The standard InChI is InChI=1S/C12H22O7S.2Li/c1-3-5-6-9(4-2)7-12(11(15)16,8-10(13)14)20(17,18)19;;/h9H,3-8H2,1-2H3,(H,13,14)(H,15,16)(H,17,18,19);;/q;2*+1/p-2. The number of carbonyl (C=O) groups is 2. The van der Waals surface area contributed by atoms with Gasteiger partial charge in [0.1, 0.15) is 4.75 Å². The fourth-order valence-corrected chi connectivity index (χ4v) is 3.13. The van der Waals surface area contributed by atoms with Crippen molar-refractivity contribution >= 4 is 22.1 Å². The first-order valence-corrected chi connectivity index (χ1v) is 7.93. The van der Waals surface area contributed by atoms with Crippen molar-refractivity contribution in [1.29, 1.82) is 0 Å². The molecule has 0 bridgehead atoms. The van der Waals surface area contributed by atoms with E-state index in [0.29, 0.717) is 12.8 Å². The number of carboxylic acid groups (broad SMARTS) is 2. The quantitative estimate of drug-likeness (QED) is 0.312. The van der Waals surface area contributed by atoms with E-state index >= 15 is 0 Å². The number of carboxylic acids is 2. The topological polar surface area (TPSA) is 135 Å². The number of carbonyl (C=O) groups excluding carboxylic acids is 2. The van der Waals surface area contributed by atoms with Crippen molar-refractivity contribution in [3.8, 4) is 0 Å². The van der Waals surface area contributed by atoms with Gasteiger partial charge in [-0.1, -0.05) is 39.5 Å². The minimum absolute atomic E-state index is 0. The van der Waals surface area contributed by atoms with Gasteiger partial charge in [0, 0.05) is 12.4 Å². The van der Waals surface area contributed by atoms with E-state index < -0.39 is 39.6 Å². The van der Waals surface area contributed by atoms with E-state index in [4.69, 9.17) is 0 Å². The molecule has 0 amide bonds. The second kappa shape index (κ2) is 11.6. The van der Waals surface area contributed by atoms with Crippen LogP contribution in [0.25, 0.3) is 0 Å². The van der Waals surface area contributed by atoms with Crippen molar-refractivity contribution < 1.29 is 70.5 Å². The molecule has 0 saturated carbocycles. The van der Waals surface area contributed by atoms with Gasteiger partial charge < -0.3 is 19.8 Å². The van der Waals surface area contributed by atoms with E-state index in [1.54, 1.807) is 6.92 Å². The number of rotatable bonds is 10.